The SMILES string of the molecule is CCOc1cc(/C=N/n2c(C)n[nH]c2=S)ccc1OC(C)C. The van der Waals surface area contributed by atoms with Gasteiger partial charge in [0.1, 0.15) is 5.82 Å². The summed E-state index contributed by atoms with van der Waals surface area (Å²) in [5.41, 5.74) is 0.891. The molecular weight excluding hydrogens is 300 g/mol. The maximum absolute atomic E-state index is 5.74. The molecule has 0 aliphatic rings. The van der Waals surface area contributed by atoms with E-state index in [-0.39, 0.29) is 6.10 Å². The summed E-state index contributed by atoms with van der Waals surface area (Å²) in [4.78, 5) is 0. The average molecular weight is 320 g/mol. The van der Waals surface area contributed by atoms with Crippen molar-refractivity contribution in [1.29, 1.82) is 0 Å². The Morgan fingerprint density at radius 1 is 1.41 bits per heavy atom. The van der Waals surface area contributed by atoms with Crippen LogP contribution in [0.25, 0.3) is 0 Å². The van der Waals surface area contributed by atoms with Crippen molar-refractivity contribution in [2.24, 2.45) is 5.10 Å². The number of ether oxygens (including phenoxy) is 2. The van der Waals surface area contributed by atoms with Gasteiger partial charge in [-0.1, -0.05) is 0 Å². The van der Waals surface area contributed by atoms with Crippen LogP contribution in [0.5, 0.6) is 11.5 Å². The highest BCUT2D eigenvalue weighted by molar-refractivity contribution is 7.71. The van der Waals surface area contributed by atoms with E-state index in [2.05, 4.69) is 15.3 Å². The van der Waals surface area contributed by atoms with Crippen molar-refractivity contribution >= 4 is 18.4 Å². The molecule has 0 spiro atoms. The number of benzene rings is 1. The first-order chi connectivity index (χ1) is 10.5. The number of nitrogens with one attached hydrogen (secondary N) is 1. The molecule has 2 rings (SSSR count). The van der Waals surface area contributed by atoms with Gasteiger partial charge in [-0.25, -0.2) is 0 Å². The second kappa shape index (κ2) is 7.22. The largest absolute Gasteiger partial charge is 0.490 e. The van der Waals surface area contributed by atoms with Crippen LogP contribution < -0.4 is 9.47 Å². The molecule has 2 aromatic rings. The Kier molecular flexibility index (Phi) is 5.32. The second-order valence-electron chi connectivity index (χ2n) is 4.94. The Bertz CT molecular complexity index is 719. The molecule has 0 aliphatic heterocycles. The van der Waals surface area contributed by atoms with E-state index in [1.807, 2.05) is 45.9 Å². The van der Waals surface area contributed by atoms with Crippen LogP contribution in [0, 0.1) is 11.7 Å². The minimum atomic E-state index is 0.0885. The highest BCUT2D eigenvalue weighted by Crippen LogP contribution is 2.29. The third-order valence-corrected chi connectivity index (χ3v) is 3.03. The lowest BCUT2D eigenvalue weighted by Crippen LogP contribution is -2.07. The molecule has 1 aromatic heterocycles. The molecule has 0 aliphatic carbocycles. The molecular formula is C15H20N4O2S. The molecule has 118 valence electrons. The zero-order valence-corrected chi connectivity index (χ0v) is 14.0. The molecule has 1 N–H and O–H groups in total. The molecule has 22 heavy (non-hydrogen) atoms. The highest BCUT2D eigenvalue weighted by atomic mass is 32.1. The third kappa shape index (κ3) is 3.94. The summed E-state index contributed by atoms with van der Waals surface area (Å²) in [6.07, 6.45) is 1.80. The van der Waals surface area contributed by atoms with Crippen molar-refractivity contribution in [1.82, 2.24) is 14.9 Å². The van der Waals surface area contributed by atoms with Crippen LogP contribution in [-0.4, -0.2) is 33.8 Å². The fourth-order valence-corrected chi connectivity index (χ4v) is 2.08. The number of rotatable bonds is 6. The normalized spacial score (nSPS) is 11.3. The van der Waals surface area contributed by atoms with Gasteiger partial charge in [-0.3, -0.25) is 5.10 Å². The van der Waals surface area contributed by atoms with Gasteiger partial charge in [0, 0.05) is 0 Å². The molecule has 0 unspecified atom stereocenters. The molecule has 0 amide bonds. The summed E-state index contributed by atoms with van der Waals surface area (Å²) in [6, 6.07) is 5.69. The third-order valence-electron chi connectivity index (χ3n) is 2.76. The lowest BCUT2D eigenvalue weighted by Gasteiger charge is -2.14. The van der Waals surface area contributed by atoms with Gasteiger partial charge >= 0.3 is 0 Å². The van der Waals surface area contributed by atoms with Gasteiger partial charge in [-0.05, 0) is 63.7 Å². The number of aromatic amines is 1. The summed E-state index contributed by atoms with van der Waals surface area (Å²) in [5, 5.41) is 11.0. The monoisotopic (exact) mass is 320 g/mol. The van der Waals surface area contributed by atoms with Gasteiger partial charge in [0.05, 0.1) is 18.9 Å². The van der Waals surface area contributed by atoms with Gasteiger partial charge < -0.3 is 9.47 Å². The quantitative estimate of drug-likeness (QED) is 0.655. The molecule has 0 fully saturated rings. The predicted molar refractivity (Wildman–Crippen MR) is 88.5 cm³/mol. The molecule has 0 saturated carbocycles. The van der Waals surface area contributed by atoms with Crippen LogP contribution in [0.3, 0.4) is 0 Å². The van der Waals surface area contributed by atoms with E-state index in [9.17, 15) is 0 Å². The minimum absolute atomic E-state index is 0.0885. The summed E-state index contributed by atoms with van der Waals surface area (Å²) in [6.45, 7) is 8.30. The lowest BCUT2D eigenvalue weighted by molar-refractivity contribution is 0.224. The zero-order chi connectivity index (χ0) is 16.1. The Labute approximate surface area is 134 Å². The lowest BCUT2D eigenvalue weighted by atomic mass is 10.2. The first-order valence-electron chi connectivity index (χ1n) is 7.13. The number of aromatic nitrogens is 3. The maximum Gasteiger partial charge on any atom is 0.216 e. The number of hydrogen-bond acceptors (Lipinski definition) is 5. The second-order valence-corrected chi connectivity index (χ2v) is 5.32. The molecule has 6 nitrogen and oxygen atoms in total. The number of H-pyrrole nitrogens is 1. The summed E-state index contributed by atoms with van der Waals surface area (Å²) >= 11 is 5.11. The first kappa shape index (κ1) is 16.2. The summed E-state index contributed by atoms with van der Waals surface area (Å²) in [5.74, 6) is 2.13. The zero-order valence-electron chi connectivity index (χ0n) is 13.2. The van der Waals surface area contributed by atoms with Crippen LogP contribution in [0.4, 0.5) is 0 Å². The average Bonchev–Trinajstić information content (AvgIpc) is 2.78. The van der Waals surface area contributed by atoms with Gasteiger partial charge in [-0.2, -0.15) is 14.9 Å². The van der Waals surface area contributed by atoms with E-state index in [1.165, 1.54) is 0 Å². The van der Waals surface area contributed by atoms with Gasteiger partial charge in [0.25, 0.3) is 0 Å². The Morgan fingerprint density at radius 3 is 2.77 bits per heavy atom. The van der Waals surface area contributed by atoms with E-state index >= 15 is 0 Å². The number of nitrogens with zero attached hydrogens (tertiary/aromatic N) is 3. The molecule has 0 bridgehead atoms. The molecule has 7 heteroatoms. The van der Waals surface area contributed by atoms with Crippen molar-refractivity contribution in [3.05, 3.63) is 34.4 Å². The van der Waals surface area contributed by atoms with Gasteiger partial charge in [0.15, 0.2) is 11.5 Å². The fraction of sp³-hybridized carbons (Fsp3) is 0.400. The summed E-state index contributed by atoms with van der Waals surface area (Å²) < 4.78 is 13.4. The van der Waals surface area contributed by atoms with Crippen LogP contribution in [0.15, 0.2) is 23.3 Å². The molecule has 1 heterocycles. The van der Waals surface area contributed by atoms with Crippen LogP contribution >= 0.6 is 12.2 Å². The molecule has 0 radical (unpaired) electrons. The van der Waals surface area contributed by atoms with Crippen molar-refractivity contribution < 1.29 is 9.47 Å². The summed E-state index contributed by atoms with van der Waals surface area (Å²) in [7, 11) is 0. The van der Waals surface area contributed by atoms with E-state index < -0.39 is 0 Å². The van der Waals surface area contributed by atoms with Crippen LogP contribution in [0.1, 0.15) is 32.2 Å². The van der Waals surface area contributed by atoms with E-state index in [0.717, 1.165) is 11.3 Å². The van der Waals surface area contributed by atoms with Crippen LogP contribution in [-0.2, 0) is 0 Å². The van der Waals surface area contributed by atoms with Gasteiger partial charge in [0.2, 0.25) is 4.77 Å². The Balaban J connectivity index is 2.28. The minimum Gasteiger partial charge on any atom is -0.490 e. The van der Waals surface area contributed by atoms with Crippen molar-refractivity contribution in [2.45, 2.75) is 33.8 Å². The van der Waals surface area contributed by atoms with Crippen LogP contribution in [0.2, 0.25) is 0 Å². The topological polar surface area (TPSA) is 64.4 Å². The van der Waals surface area contributed by atoms with Crippen molar-refractivity contribution in [3.63, 3.8) is 0 Å². The van der Waals surface area contributed by atoms with Crippen molar-refractivity contribution in [3.8, 4) is 11.5 Å². The predicted octanol–water partition coefficient (Wildman–Crippen LogP) is 3.32. The van der Waals surface area contributed by atoms with E-state index in [1.54, 1.807) is 10.9 Å². The molecule has 1 aromatic carbocycles. The van der Waals surface area contributed by atoms with E-state index in [0.29, 0.717) is 23.0 Å². The highest BCUT2D eigenvalue weighted by Gasteiger charge is 2.07. The standard InChI is InChI=1S/C15H20N4O2S/c1-5-20-14-8-12(6-7-13(14)21-10(2)3)9-16-19-11(4)17-18-15(19)22/h6-10H,5H2,1-4H3,(H,18,22)/b16-9+. The van der Waals surface area contributed by atoms with Gasteiger partial charge in [-0.15, -0.1) is 0 Å². The Hall–Kier alpha value is -2.15. The smallest absolute Gasteiger partial charge is 0.216 e. The van der Waals surface area contributed by atoms with Crippen molar-refractivity contribution in [2.75, 3.05) is 6.61 Å². The first-order valence-corrected chi connectivity index (χ1v) is 7.54. The Morgan fingerprint density at radius 2 is 2.18 bits per heavy atom. The molecule has 0 saturated heterocycles. The van der Waals surface area contributed by atoms with E-state index in [4.69, 9.17) is 21.7 Å². The number of aryl methyl sites for hydroxylation is 1. The maximum atomic E-state index is 5.74. The molecule has 0 atom stereocenters. The number of hydrogen-bond donors (Lipinski definition) is 1. The fourth-order valence-electron chi connectivity index (χ4n) is 1.86.